The molecule has 3 aliphatic carbocycles. The Morgan fingerprint density at radius 3 is 1.36 bits per heavy atom. The highest BCUT2D eigenvalue weighted by Gasteiger charge is 2.37. The fourth-order valence-corrected chi connectivity index (χ4v) is 6.76. The first-order chi connectivity index (χ1) is 17.3. The Morgan fingerprint density at radius 1 is 0.583 bits per heavy atom. The Morgan fingerprint density at radius 2 is 1.06 bits per heavy atom. The monoisotopic (exact) mass is 505 g/mol. The summed E-state index contributed by atoms with van der Waals surface area (Å²) in [6, 6.07) is 0.613. The van der Waals surface area contributed by atoms with Crippen molar-refractivity contribution in [1.29, 1.82) is 0 Å². The van der Waals surface area contributed by atoms with Gasteiger partial charge < -0.3 is 10.2 Å². The number of hydrogen-bond donors (Lipinski definition) is 1. The average molecular weight is 505 g/mol. The van der Waals surface area contributed by atoms with Gasteiger partial charge in [0, 0.05) is 19.0 Å². The molecule has 6 aliphatic rings. The first-order valence-corrected chi connectivity index (χ1v) is 16.3. The Bertz CT molecular complexity index is 510. The van der Waals surface area contributed by atoms with Crippen LogP contribution in [0.5, 0.6) is 0 Å². The maximum atomic E-state index is 11.1. The molecule has 3 aliphatic heterocycles. The Kier molecular flexibility index (Phi) is 16.4. The lowest BCUT2D eigenvalue weighted by Crippen LogP contribution is -2.27. The van der Waals surface area contributed by atoms with Crippen LogP contribution in [-0.2, 0) is 4.79 Å². The highest BCUT2D eigenvalue weighted by atomic mass is 16.2. The fourth-order valence-electron chi connectivity index (χ4n) is 6.76. The van der Waals surface area contributed by atoms with Gasteiger partial charge >= 0.3 is 0 Å². The summed E-state index contributed by atoms with van der Waals surface area (Å²) in [5, 5.41) is 3.33. The van der Waals surface area contributed by atoms with Crippen molar-refractivity contribution < 1.29 is 4.79 Å². The molecule has 6 fully saturated rings. The van der Waals surface area contributed by atoms with Crippen molar-refractivity contribution in [2.45, 2.75) is 156 Å². The standard InChI is InChI=1S/C8H13NO.C7H14.C6H13N.2C6H12/c1-6-4-7-2-3-8(10)9(7)5-6;1-7-5-3-2-4-6-7;1-6-3-2-4-7-5-6;2*1-6-4-2-3-5-6/h6-7H,2-5H2,1H3;7H,2-6H2,1H3;6-7H,2-5H2,1H3;2*6H,2-5H2,1H3. The van der Waals surface area contributed by atoms with Gasteiger partial charge in [-0.3, -0.25) is 4.79 Å². The van der Waals surface area contributed by atoms with Crippen LogP contribution in [0.25, 0.3) is 0 Å². The van der Waals surface area contributed by atoms with Gasteiger partial charge in [0.1, 0.15) is 0 Å². The molecule has 1 N–H and O–H groups in total. The van der Waals surface area contributed by atoms with Gasteiger partial charge in [-0.05, 0) is 68.4 Å². The van der Waals surface area contributed by atoms with Crippen LogP contribution < -0.4 is 5.32 Å². The van der Waals surface area contributed by atoms with E-state index in [1.807, 2.05) is 0 Å². The largest absolute Gasteiger partial charge is 0.339 e. The quantitative estimate of drug-likeness (QED) is 0.357. The summed E-state index contributed by atoms with van der Waals surface area (Å²) in [5.41, 5.74) is 0. The summed E-state index contributed by atoms with van der Waals surface area (Å²) in [7, 11) is 0. The summed E-state index contributed by atoms with van der Waals surface area (Å²) >= 11 is 0. The molecule has 3 saturated heterocycles. The van der Waals surface area contributed by atoms with Crippen molar-refractivity contribution in [3.63, 3.8) is 0 Å². The minimum atomic E-state index is 0.384. The number of piperidine rings is 1. The van der Waals surface area contributed by atoms with E-state index in [-0.39, 0.29) is 0 Å². The summed E-state index contributed by atoms with van der Waals surface area (Å²) in [6.45, 7) is 15.1. The maximum Gasteiger partial charge on any atom is 0.222 e. The number of carbonyl (C=O) groups excluding carboxylic acids is 1. The third-order valence-corrected chi connectivity index (χ3v) is 9.36. The van der Waals surface area contributed by atoms with Crippen LogP contribution >= 0.6 is 0 Å². The van der Waals surface area contributed by atoms with Crippen molar-refractivity contribution in [1.82, 2.24) is 10.2 Å². The molecule has 3 heteroatoms. The molecule has 0 spiro atoms. The van der Waals surface area contributed by atoms with Gasteiger partial charge in [0.15, 0.2) is 0 Å². The minimum absolute atomic E-state index is 0.384. The number of hydrogen-bond acceptors (Lipinski definition) is 2. The van der Waals surface area contributed by atoms with Crippen molar-refractivity contribution >= 4 is 5.91 Å². The van der Waals surface area contributed by atoms with Crippen molar-refractivity contribution in [2.24, 2.45) is 29.6 Å². The predicted molar refractivity (Wildman–Crippen MR) is 157 cm³/mol. The molecule has 1 amide bonds. The number of fused-ring (bicyclic) bond motifs is 1. The molecule has 0 aromatic rings. The van der Waals surface area contributed by atoms with Crippen LogP contribution in [0.4, 0.5) is 0 Å². The van der Waals surface area contributed by atoms with E-state index in [4.69, 9.17) is 0 Å². The topological polar surface area (TPSA) is 32.3 Å². The zero-order valence-corrected chi connectivity index (χ0v) is 25.2. The van der Waals surface area contributed by atoms with Gasteiger partial charge in [-0.2, -0.15) is 0 Å². The molecule has 3 heterocycles. The lowest BCUT2D eigenvalue weighted by Gasteiger charge is -2.17. The number of carbonyl (C=O) groups is 1. The Balaban J connectivity index is 0.000000161. The van der Waals surface area contributed by atoms with Gasteiger partial charge in [0.05, 0.1) is 0 Å². The van der Waals surface area contributed by atoms with Gasteiger partial charge in [-0.25, -0.2) is 0 Å². The molecule has 0 bridgehead atoms. The van der Waals surface area contributed by atoms with Crippen molar-refractivity contribution in [2.75, 3.05) is 19.6 Å². The molecule has 212 valence electrons. The molecular weight excluding hydrogens is 440 g/mol. The molecular formula is C33H64N2O. The number of nitrogens with zero attached hydrogens (tertiary/aromatic N) is 1. The first kappa shape index (κ1) is 31.6. The van der Waals surface area contributed by atoms with Crippen molar-refractivity contribution in [3.05, 3.63) is 0 Å². The van der Waals surface area contributed by atoms with Crippen LogP contribution in [0, 0.1) is 29.6 Å². The molecule has 0 radical (unpaired) electrons. The van der Waals surface area contributed by atoms with Crippen LogP contribution in [0.15, 0.2) is 0 Å². The van der Waals surface area contributed by atoms with E-state index in [1.165, 1.54) is 116 Å². The molecule has 3 saturated carbocycles. The third-order valence-electron chi connectivity index (χ3n) is 9.36. The van der Waals surface area contributed by atoms with E-state index in [1.54, 1.807) is 0 Å². The smallest absolute Gasteiger partial charge is 0.222 e. The van der Waals surface area contributed by atoms with Gasteiger partial charge in [-0.1, -0.05) is 118 Å². The third kappa shape index (κ3) is 13.8. The average Bonchev–Trinajstić information content (AvgIpc) is 3.67. The Hall–Kier alpha value is -0.570. The van der Waals surface area contributed by atoms with Crippen LogP contribution in [-0.4, -0.2) is 36.5 Å². The predicted octanol–water partition coefficient (Wildman–Crippen LogP) is 9.00. The lowest BCUT2D eigenvalue weighted by molar-refractivity contribution is -0.128. The van der Waals surface area contributed by atoms with E-state index in [0.29, 0.717) is 11.9 Å². The van der Waals surface area contributed by atoms with Crippen LogP contribution in [0.2, 0.25) is 0 Å². The second-order valence-electron chi connectivity index (χ2n) is 13.6. The molecule has 0 aromatic heterocycles. The summed E-state index contributed by atoms with van der Waals surface area (Å²) in [4.78, 5) is 13.2. The molecule has 36 heavy (non-hydrogen) atoms. The fraction of sp³-hybridized carbons (Fsp3) is 0.970. The van der Waals surface area contributed by atoms with Gasteiger partial charge in [0.2, 0.25) is 5.91 Å². The number of nitrogens with one attached hydrogen (secondary N) is 1. The molecule has 3 atom stereocenters. The van der Waals surface area contributed by atoms with E-state index in [0.717, 1.165) is 49.0 Å². The lowest BCUT2D eigenvalue weighted by atomic mass is 9.91. The molecule has 3 unspecified atom stereocenters. The zero-order valence-electron chi connectivity index (χ0n) is 25.2. The molecule has 0 aromatic carbocycles. The summed E-state index contributed by atoms with van der Waals surface area (Å²) in [5.74, 6) is 5.18. The van der Waals surface area contributed by atoms with Crippen LogP contribution in [0.1, 0.15) is 150 Å². The second kappa shape index (κ2) is 18.6. The SMILES string of the molecule is CC1CC2CCC(=O)N2C1.CC1CCCC1.CC1CCCC1.CC1CCCCC1.CC1CCCNC1. The van der Waals surface area contributed by atoms with Gasteiger partial charge in [-0.15, -0.1) is 0 Å². The normalized spacial score (nSPS) is 30.6. The minimum Gasteiger partial charge on any atom is -0.339 e. The Labute approximate surface area is 226 Å². The number of amides is 1. The zero-order chi connectivity index (χ0) is 26.2. The van der Waals surface area contributed by atoms with E-state index < -0.39 is 0 Å². The first-order valence-electron chi connectivity index (χ1n) is 16.3. The van der Waals surface area contributed by atoms with Gasteiger partial charge in [0.25, 0.3) is 0 Å². The van der Waals surface area contributed by atoms with E-state index in [9.17, 15) is 4.79 Å². The molecule has 6 rings (SSSR count). The summed E-state index contributed by atoms with van der Waals surface area (Å²) < 4.78 is 0. The highest BCUT2D eigenvalue weighted by Crippen LogP contribution is 2.31. The number of rotatable bonds is 0. The highest BCUT2D eigenvalue weighted by molar-refractivity contribution is 5.79. The second-order valence-corrected chi connectivity index (χ2v) is 13.6. The van der Waals surface area contributed by atoms with E-state index >= 15 is 0 Å². The van der Waals surface area contributed by atoms with Crippen molar-refractivity contribution in [3.8, 4) is 0 Å². The van der Waals surface area contributed by atoms with Crippen LogP contribution in [0.3, 0.4) is 0 Å². The van der Waals surface area contributed by atoms with E-state index in [2.05, 4.69) is 44.8 Å². The molecule has 3 nitrogen and oxygen atoms in total. The summed E-state index contributed by atoms with van der Waals surface area (Å²) in [6.07, 6.45) is 25.3. The maximum absolute atomic E-state index is 11.1.